The van der Waals surface area contributed by atoms with Crippen LogP contribution in [0.1, 0.15) is 29.6 Å². The van der Waals surface area contributed by atoms with Crippen LogP contribution in [0.15, 0.2) is 30.4 Å². The lowest BCUT2D eigenvalue weighted by Crippen LogP contribution is -2.33. The van der Waals surface area contributed by atoms with Crippen LogP contribution in [-0.2, 0) is 0 Å². The summed E-state index contributed by atoms with van der Waals surface area (Å²) in [5.74, 6) is -1.91. The van der Waals surface area contributed by atoms with E-state index in [0.29, 0.717) is 12.5 Å². The van der Waals surface area contributed by atoms with Crippen molar-refractivity contribution in [2.75, 3.05) is 11.9 Å². The molecule has 1 atom stereocenters. The molecule has 2 amide bonds. The van der Waals surface area contributed by atoms with Crippen molar-refractivity contribution in [3.8, 4) is 0 Å². The Labute approximate surface area is 121 Å². The van der Waals surface area contributed by atoms with Crippen molar-refractivity contribution in [2.45, 2.75) is 19.3 Å². The molecule has 1 aromatic carbocycles. The van der Waals surface area contributed by atoms with Gasteiger partial charge in [-0.15, -0.1) is 0 Å². The summed E-state index contributed by atoms with van der Waals surface area (Å²) in [4.78, 5) is 22.8. The maximum Gasteiger partial charge on any atom is 0.340 e. The average molecular weight is 292 g/mol. The zero-order valence-corrected chi connectivity index (χ0v) is 11.4. The fourth-order valence-electron chi connectivity index (χ4n) is 2.29. The number of aromatic carboxylic acids is 1. The minimum Gasteiger partial charge on any atom is -0.478 e. The largest absolute Gasteiger partial charge is 0.478 e. The second-order valence-electron chi connectivity index (χ2n) is 4.95. The summed E-state index contributed by atoms with van der Waals surface area (Å²) in [5, 5.41) is 14.0. The van der Waals surface area contributed by atoms with E-state index in [1.54, 1.807) is 0 Å². The number of carboxylic acid groups (broad SMARTS) is 1. The first-order chi connectivity index (χ1) is 10.1. The molecule has 0 spiro atoms. The fourth-order valence-corrected chi connectivity index (χ4v) is 2.29. The molecule has 1 unspecified atom stereocenters. The molecule has 112 valence electrons. The van der Waals surface area contributed by atoms with Gasteiger partial charge in [0.25, 0.3) is 0 Å². The standard InChI is InChI=1S/C15H17FN2O3/c16-11-7-4-8-12(13(11)14(19)20)18-15(21)17-9-10-5-2-1-3-6-10/h1-2,4,7-8,10H,3,5-6,9H2,(H,19,20)(H2,17,18,21). The summed E-state index contributed by atoms with van der Waals surface area (Å²) >= 11 is 0. The summed E-state index contributed by atoms with van der Waals surface area (Å²) in [6.07, 6.45) is 7.13. The van der Waals surface area contributed by atoms with Crippen molar-refractivity contribution in [3.05, 3.63) is 41.7 Å². The zero-order valence-electron chi connectivity index (χ0n) is 11.4. The van der Waals surface area contributed by atoms with E-state index in [1.807, 2.05) is 0 Å². The highest BCUT2D eigenvalue weighted by atomic mass is 19.1. The Morgan fingerprint density at radius 3 is 2.81 bits per heavy atom. The maximum absolute atomic E-state index is 13.5. The van der Waals surface area contributed by atoms with Crippen molar-refractivity contribution < 1.29 is 19.1 Å². The number of hydrogen-bond acceptors (Lipinski definition) is 2. The number of nitrogens with one attached hydrogen (secondary N) is 2. The van der Waals surface area contributed by atoms with Gasteiger partial charge in [-0.2, -0.15) is 0 Å². The van der Waals surface area contributed by atoms with Gasteiger partial charge in [-0.1, -0.05) is 18.2 Å². The predicted molar refractivity (Wildman–Crippen MR) is 76.9 cm³/mol. The van der Waals surface area contributed by atoms with E-state index >= 15 is 0 Å². The van der Waals surface area contributed by atoms with Gasteiger partial charge in [0.15, 0.2) is 0 Å². The number of hydrogen-bond donors (Lipinski definition) is 3. The van der Waals surface area contributed by atoms with Gasteiger partial charge in [0.1, 0.15) is 11.4 Å². The molecule has 2 rings (SSSR count). The zero-order chi connectivity index (χ0) is 15.2. The van der Waals surface area contributed by atoms with Crippen molar-refractivity contribution >= 4 is 17.7 Å². The lowest BCUT2D eigenvalue weighted by atomic mass is 9.94. The van der Waals surface area contributed by atoms with Gasteiger partial charge in [-0.3, -0.25) is 0 Å². The average Bonchev–Trinajstić information content (AvgIpc) is 2.46. The molecular formula is C15H17FN2O3. The van der Waals surface area contributed by atoms with Gasteiger partial charge in [0.2, 0.25) is 0 Å². The van der Waals surface area contributed by atoms with E-state index in [1.165, 1.54) is 12.1 Å². The summed E-state index contributed by atoms with van der Waals surface area (Å²) in [5.41, 5.74) is -0.586. The molecule has 1 aliphatic rings. The third-order valence-corrected chi connectivity index (χ3v) is 3.40. The Balaban J connectivity index is 1.95. The van der Waals surface area contributed by atoms with Crippen molar-refractivity contribution in [2.24, 2.45) is 5.92 Å². The molecule has 6 heteroatoms. The molecule has 21 heavy (non-hydrogen) atoms. The van der Waals surface area contributed by atoms with E-state index in [-0.39, 0.29) is 5.69 Å². The Morgan fingerprint density at radius 1 is 1.33 bits per heavy atom. The van der Waals surface area contributed by atoms with Crippen LogP contribution in [0.4, 0.5) is 14.9 Å². The lowest BCUT2D eigenvalue weighted by Gasteiger charge is -2.18. The minimum absolute atomic E-state index is 0.0523. The first-order valence-corrected chi connectivity index (χ1v) is 6.79. The Kier molecular flexibility index (Phi) is 4.92. The normalized spacial score (nSPS) is 17.3. The van der Waals surface area contributed by atoms with E-state index in [9.17, 15) is 14.0 Å². The molecule has 0 radical (unpaired) electrons. The van der Waals surface area contributed by atoms with Gasteiger partial charge in [0, 0.05) is 6.54 Å². The number of carboxylic acids is 1. The van der Waals surface area contributed by atoms with Crippen LogP contribution in [0.25, 0.3) is 0 Å². The van der Waals surface area contributed by atoms with Crippen molar-refractivity contribution in [1.82, 2.24) is 5.32 Å². The molecule has 0 heterocycles. The maximum atomic E-state index is 13.5. The van der Waals surface area contributed by atoms with Crippen LogP contribution in [0.3, 0.4) is 0 Å². The molecule has 0 fully saturated rings. The molecule has 3 N–H and O–H groups in total. The highest BCUT2D eigenvalue weighted by Gasteiger charge is 2.17. The smallest absolute Gasteiger partial charge is 0.340 e. The van der Waals surface area contributed by atoms with Gasteiger partial charge in [-0.25, -0.2) is 14.0 Å². The Hall–Kier alpha value is -2.37. The van der Waals surface area contributed by atoms with E-state index in [0.717, 1.165) is 25.3 Å². The van der Waals surface area contributed by atoms with Crippen LogP contribution < -0.4 is 10.6 Å². The quantitative estimate of drug-likeness (QED) is 0.746. The molecule has 1 aliphatic carbocycles. The molecule has 0 aliphatic heterocycles. The predicted octanol–water partition coefficient (Wildman–Crippen LogP) is 3.00. The monoisotopic (exact) mass is 292 g/mol. The minimum atomic E-state index is -1.42. The summed E-state index contributed by atoms with van der Waals surface area (Å²) in [7, 11) is 0. The van der Waals surface area contributed by atoms with E-state index in [4.69, 9.17) is 5.11 Å². The fraction of sp³-hybridized carbons (Fsp3) is 0.333. The molecule has 0 saturated heterocycles. The number of anilines is 1. The number of amides is 2. The van der Waals surface area contributed by atoms with Crippen LogP contribution >= 0.6 is 0 Å². The Morgan fingerprint density at radius 2 is 2.14 bits per heavy atom. The molecular weight excluding hydrogens is 275 g/mol. The number of allylic oxidation sites excluding steroid dienone is 2. The number of benzene rings is 1. The third kappa shape index (κ3) is 4.05. The van der Waals surface area contributed by atoms with Crippen LogP contribution in [0, 0.1) is 11.7 Å². The Bertz CT molecular complexity index is 572. The third-order valence-electron chi connectivity index (χ3n) is 3.40. The number of rotatable bonds is 4. The molecule has 1 aromatic rings. The SMILES string of the molecule is O=C(NCC1CC=CCC1)Nc1cccc(F)c1C(=O)O. The van der Waals surface area contributed by atoms with Crippen molar-refractivity contribution in [3.63, 3.8) is 0 Å². The molecule has 0 saturated carbocycles. The number of carbonyl (C=O) groups is 2. The van der Waals surface area contributed by atoms with Gasteiger partial charge in [-0.05, 0) is 37.3 Å². The van der Waals surface area contributed by atoms with Crippen LogP contribution in [0.2, 0.25) is 0 Å². The first kappa shape index (κ1) is 15.0. The summed E-state index contributed by atoms with van der Waals surface area (Å²) in [6.45, 7) is 0.508. The van der Waals surface area contributed by atoms with Crippen LogP contribution in [0.5, 0.6) is 0 Å². The van der Waals surface area contributed by atoms with Crippen LogP contribution in [-0.4, -0.2) is 23.7 Å². The molecule has 0 bridgehead atoms. The highest BCUT2D eigenvalue weighted by Crippen LogP contribution is 2.19. The topological polar surface area (TPSA) is 78.4 Å². The van der Waals surface area contributed by atoms with E-state index in [2.05, 4.69) is 22.8 Å². The number of halogens is 1. The molecule has 0 aromatic heterocycles. The van der Waals surface area contributed by atoms with Gasteiger partial charge >= 0.3 is 12.0 Å². The molecule has 5 nitrogen and oxygen atoms in total. The lowest BCUT2D eigenvalue weighted by molar-refractivity contribution is 0.0693. The summed E-state index contributed by atoms with van der Waals surface area (Å²) < 4.78 is 13.5. The second kappa shape index (κ2) is 6.88. The van der Waals surface area contributed by atoms with E-state index < -0.39 is 23.4 Å². The van der Waals surface area contributed by atoms with Gasteiger partial charge in [0.05, 0.1) is 5.69 Å². The number of urea groups is 1. The second-order valence-corrected chi connectivity index (χ2v) is 4.95. The summed E-state index contributed by atoms with van der Waals surface area (Å²) in [6, 6.07) is 3.22. The number of carbonyl (C=O) groups excluding carboxylic acids is 1. The van der Waals surface area contributed by atoms with Gasteiger partial charge < -0.3 is 15.7 Å². The highest BCUT2D eigenvalue weighted by molar-refractivity contribution is 6.00. The van der Waals surface area contributed by atoms with Crippen molar-refractivity contribution in [1.29, 1.82) is 0 Å². The first-order valence-electron chi connectivity index (χ1n) is 6.79.